The molecule has 0 aliphatic carbocycles. The van der Waals surface area contributed by atoms with Crippen molar-refractivity contribution in [2.24, 2.45) is 0 Å². The van der Waals surface area contributed by atoms with Crippen LogP contribution in [-0.2, 0) is 0 Å². The van der Waals surface area contributed by atoms with Crippen molar-refractivity contribution in [3.63, 3.8) is 0 Å². The van der Waals surface area contributed by atoms with Gasteiger partial charge in [-0.25, -0.2) is 0 Å². The summed E-state index contributed by atoms with van der Waals surface area (Å²) in [6, 6.07) is 6.84. The maximum absolute atomic E-state index is 11.9. The summed E-state index contributed by atoms with van der Waals surface area (Å²) in [7, 11) is 3.40. The molecule has 0 spiro atoms. The second kappa shape index (κ2) is 8.50. The molecular weight excluding hydrogens is 266 g/mol. The summed E-state index contributed by atoms with van der Waals surface area (Å²) < 4.78 is 0. The summed E-state index contributed by atoms with van der Waals surface area (Å²) >= 11 is 0. The fourth-order valence-electron chi connectivity index (χ4n) is 1.40. The lowest BCUT2D eigenvalue weighted by atomic mass is 10.1. The highest BCUT2D eigenvalue weighted by atomic mass is 35.5. The van der Waals surface area contributed by atoms with Crippen molar-refractivity contribution < 1.29 is 9.59 Å². The number of halogens is 1. The lowest BCUT2D eigenvalue weighted by Crippen LogP contribution is -2.37. The van der Waals surface area contributed by atoms with E-state index in [2.05, 4.69) is 16.0 Å². The summed E-state index contributed by atoms with van der Waals surface area (Å²) in [5.74, 6) is -0.379. The molecule has 0 heterocycles. The molecule has 0 bridgehead atoms. The van der Waals surface area contributed by atoms with Crippen molar-refractivity contribution in [2.75, 3.05) is 20.6 Å². The van der Waals surface area contributed by atoms with Gasteiger partial charge in [-0.05, 0) is 32.2 Å². The Morgan fingerprint density at radius 2 is 1.74 bits per heavy atom. The van der Waals surface area contributed by atoms with E-state index in [1.165, 1.54) is 0 Å². The molecule has 1 unspecified atom stereocenters. The first kappa shape index (κ1) is 17.4. The predicted molar refractivity (Wildman–Crippen MR) is 77.9 cm³/mol. The summed E-state index contributed by atoms with van der Waals surface area (Å²) in [5.41, 5.74) is 0.964. The Morgan fingerprint density at radius 3 is 2.26 bits per heavy atom. The van der Waals surface area contributed by atoms with Crippen molar-refractivity contribution in [1.82, 2.24) is 16.0 Å². The van der Waals surface area contributed by atoms with Crippen LogP contribution in [0.15, 0.2) is 24.3 Å². The van der Waals surface area contributed by atoms with E-state index >= 15 is 0 Å². The second-order valence-electron chi connectivity index (χ2n) is 4.06. The fraction of sp³-hybridized carbons (Fsp3) is 0.385. The van der Waals surface area contributed by atoms with Gasteiger partial charge in [-0.2, -0.15) is 0 Å². The molecular formula is C13H20ClN3O2. The molecule has 2 amide bonds. The van der Waals surface area contributed by atoms with Crippen LogP contribution >= 0.6 is 12.4 Å². The third kappa shape index (κ3) is 5.28. The molecule has 0 saturated heterocycles. The smallest absolute Gasteiger partial charge is 0.251 e. The van der Waals surface area contributed by atoms with Crippen molar-refractivity contribution in [3.05, 3.63) is 35.4 Å². The van der Waals surface area contributed by atoms with Crippen LogP contribution in [0.2, 0.25) is 0 Å². The standard InChI is InChI=1S/C13H19N3O2.ClH/c1-9(14-2)8-16-13(18)11-6-4-5-10(7-11)12(17)15-3;/h4-7,9,14H,8H2,1-3H3,(H,15,17)(H,16,18);1H. The Morgan fingerprint density at radius 1 is 1.16 bits per heavy atom. The van der Waals surface area contributed by atoms with Gasteiger partial charge in [0.25, 0.3) is 11.8 Å². The lowest BCUT2D eigenvalue weighted by molar-refractivity contribution is 0.0950. The van der Waals surface area contributed by atoms with Crippen LogP contribution in [0.4, 0.5) is 0 Å². The Hall–Kier alpha value is -1.59. The van der Waals surface area contributed by atoms with Gasteiger partial charge in [0.1, 0.15) is 0 Å². The number of rotatable bonds is 5. The molecule has 3 N–H and O–H groups in total. The molecule has 5 nitrogen and oxygen atoms in total. The van der Waals surface area contributed by atoms with Gasteiger partial charge >= 0.3 is 0 Å². The highest BCUT2D eigenvalue weighted by molar-refractivity contribution is 5.99. The van der Waals surface area contributed by atoms with Crippen molar-refractivity contribution in [3.8, 4) is 0 Å². The molecule has 1 aromatic rings. The van der Waals surface area contributed by atoms with Crippen LogP contribution in [0, 0.1) is 0 Å². The largest absolute Gasteiger partial charge is 0.355 e. The molecule has 0 radical (unpaired) electrons. The lowest BCUT2D eigenvalue weighted by Gasteiger charge is -2.11. The van der Waals surface area contributed by atoms with Gasteiger partial charge in [-0.15, -0.1) is 12.4 Å². The molecule has 0 fully saturated rings. The van der Waals surface area contributed by atoms with E-state index in [0.717, 1.165) is 0 Å². The molecule has 0 aliphatic heterocycles. The number of benzene rings is 1. The summed E-state index contributed by atoms with van der Waals surface area (Å²) in [6.07, 6.45) is 0. The number of carbonyl (C=O) groups is 2. The van der Waals surface area contributed by atoms with Crippen molar-refractivity contribution in [1.29, 1.82) is 0 Å². The van der Waals surface area contributed by atoms with Crippen molar-refractivity contribution >= 4 is 24.2 Å². The fourth-order valence-corrected chi connectivity index (χ4v) is 1.40. The molecule has 1 rings (SSSR count). The summed E-state index contributed by atoms with van der Waals surface area (Å²) in [6.45, 7) is 2.51. The zero-order valence-electron chi connectivity index (χ0n) is 11.3. The first-order valence-corrected chi connectivity index (χ1v) is 5.86. The minimum atomic E-state index is -0.201. The predicted octanol–water partition coefficient (Wildman–Crippen LogP) is 0.806. The zero-order chi connectivity index (χ0) is 13.5. The third-order valence-electron chi connectivity index (χ3n) is 2.68. The van der Waals surface area contributed by atoms with Crippen LogP contribution in [0.25, 0.3) is 0 Å². The topological polar surface area (TPSA) is 70.2 Å². The Bertz CT molecular complexity index is 438. The average Bonchev–Trinajstić information content (AvgIpc) is 2.43. The number of carbonyl (C=O) groups excluding carboxylic acids is 2. The molecule has 1 aromatic carbocycles. The minimum Gasteiger partial charge on any atom is -0.355 e. The van der Waals surface area contributed by atoms with Crippen LogP contribution in [0.1, 0.15) is 27.6 Å². The van der Waals surface area contributed by atoms with Gasteiger partial charge in [0, 0.05) is 30.8 Å². The monoisotopic (exact) mass is 285 g/mol. The number of hydrogen-bond acceptors (Lipinski definition) is 3. The normalized spacial score (nSPS) is 11.1. The van der Waals surface area contributed by atoms with Crippen LogP contribution in [0.3, 0.4) is 0 Å². The molecule has 6 heteroatoms. The number of hydrogen-bond donors (Lipinski definition) is 3. The van der Waals surface area contributed by atoms with Gasteiger partial charge in [0.15, 0.2) is 0 Å². The van der Waals surface area contributed by atoms with E-state index in [4.69, 9.17) is 0 Å². The Labute approximate surface area is 119 Å². The van der Waals surface area contributed by atoms with Crippen LogP contribution in [-0.4, -0.2) is 38.5 Å². The molecule has 106 valence electrons. The number of amides is 2. The maximum Gasteiger partial charge on any atom is 0.251 e. The summed E-state index contributed by atoms with van der Waals surface area (Å²) in [5, 5.41) is 8.36. The third-order valence-corrected chi connectivity index (χ3v) is 2.68. The molecule has 0 aliphatic rings. The van der Waals surface area contributed by atoms with Gasteiger partial charge in [-0.1, -0.05) is 6.07 Å². The SMILES string of the molecule is CNC(=O)c1cccc(C(=O)NCC(C)NC)c1.Cl. The van der Waals surface area contributed by atoms with Gasteiger partial charge in [0.2, 0.25) is 0 Å². The van der Waals surface area contributed by atoms with E-state index in [1.54, 1.807) is 31.3 Å². The molecule has 0 aromatic heterocycles. The number of nitrogens with one attached hydrogen (secondary N) is 3. The number of likely N-dealkylation sites (N-methyl/N-ethyl adjacent to an activating group) is 1. The highest BCUT2D eigenvalue weighted by Crippen LogP contribution is 2.05. The van der Waals surface area contributed by atoms with E-state index in [1.807, 2.05) is 14.0 Å². The first-order valence-electron chi connectivity index (χ1n) is 5.86. The van der Waals surface area contributed by atoms with Gasteiger partial charge in [0.05, 0.1) is 0 Å². The van der Waals surface area contributed by atoms with Gasteiger partial charge < -0.3 is 16.0 Å². The van der Waals surface area contributed by atoms with Crippen LogP contribution < -0.4 is 16.0 Å². The van der Waals surface area contributed by atoms with E-state index in [0.29, 0.717) is 17.7 Å². The second-order valence-corrected chi connectivity index (χ2v) is 4.06. The first-order chi connectivity index (χ1) is 8.58. The van der Waals surface area contributed by atoms with Crippen LogP contribution in [0.5, 0.6) is 0 Å². The quantitative estimate of drug-likeness (QED) is 0.750. The molecule has 0 saturated carbocycles. The zero-order valence-corrected chi connectivity index (χ0v) is 12.1. The van der Waals surface area contributed by atoms with E-state index in [9.17, 15) is 9.59 Å². The average molecular weight is 286 g/mol. The van der Waals surface area contributed by atoms with E-state index < -0.39 is 0 Å². The molecule has 1 atom stereocenters. The highest BCUT2D eigenvalue weighted by Gasteiger charge is 2.09. The minimum absolute atomic E-state index is 0. The molecule has 19 heavy (non-hydrogen) atoms. The van der Waals surface area contributed by atoms with Crippen molar-refractivity contribution in [2.45, 2.75) is 13.0 Å². The maximum atomic E-state index is 11.9. The van der Waals surface area contributed by atoms with E-state index in [-0.39, 0.29) is 30.3 Å². The Balaban J connectivity index is 0.00000324. The van der Waals surface area contributed by atoms with Gasteiger partial charge in [-0.3, -0.25) is 9.59 Å². The summed E-state index contributed by atoms with van der Waals surface area (Å²) in [4.78, 5) is 23.3. The Kier molecular flexibility index (Phi) is 7.79.